The summed E-state index contributed by atoms with van der Waals surface area (Å²) in [4.78, 5) is 0. The summed E-state index contributed by atoms with van der Waals surface area (Å²) in [7, 11) is 0. The zero-order valence-corrected chi connectivity index (χ0v) is 13.4. The maximum Gasteiger partial charge on any atom is 0.0666 e. The van der Waals surface area contributed by atoms with E-state index in [1.54, 1.807) is 6.21 Å². The van der Waals surface area contributed by atoms with Crippen LogP contribution >= 0.6 is 11.6 Å². The smallest absolute Gasteiger partial charge is 0.0666 e. The number of para-hydroxylation sites is 1. The van der Waals surface area contributed by atoms with Gasteiger partial charge in [-0.2, -0.15) is 5.10 Å². The lowest BCUT2D eigenvalue weighted by molar-refractivity contribution is 0.858. The van der Waals surface area contributed by atoms with Gasteiger partial charge in [-0.05, 0) is 23.8 Å². The molecule has 3 rings (SSSR count). The Hall–Kier alpha value is -2.58. The van der Waals surface area contributed by atoms with Gasteiger partial charge in [-0.1, -0.05) is 78.3 Å². The average Bonchev–Trinajstić information content (AvgIpc) is 2.61. The molecule has 0 spiro atoms. The Morgan fingerprint density at radius 2 is 1.39 bits per heavy atom. The van der Waals surface area contributed by atoms with Gasteiger partial charge in [0.15, 0.2) is 0 Å². The van der Waals surface area contributed by atoms with Gasteiger partial charge in [-0.15, -0.1) is 0 Å². The number of hydrazone groups is 1. The summed E-state index contributed by atoms with van der Waals surface area (Å²) in [5, 5.41) is 7.31. The maximum atomic E-state index is 6.20. The van der Waals surface area contributed by atoms with E-state index in [-0.39, 0.29) is 0 Å². The van der Waals surface area contributed by atoms with Crippen LogP contribution in [0.2, 0.25) is 5.02 Å². The Labute approximate surface area is 141 Å². The van der Waals surface area contributed by atoms with Gasteiger partial charge in [0.05, 0.1) is 18.4 Å². The zero-order valence-electron chi connectivity index (χ0n) is 12.6. The molecule has 3 heteroatoms. The molecular formula is C20H17ClN2. The van der Waals surface area contributed by atoms with Crippen molar-refractivity contribution in [2.75, 3.05) is 5.01 Å². The molecule has 0 saturated heterocycles. The molecule has 3 aromatic rings. The van der Waals surface area contributed by atoms with E-state index in [0.717, 1.165) is 11.3 Å². The van der Waals surface area contributed by atoms with Crippen molar-refractivity contribution in [3.05, 3.63) is 101 Å². The van der Waals surface area contributed by atoms with Crippen LogP contribution in [0.3, 0.4) is 0 Å². The molecule has 114 valence electrons. The van der Waals surface area contributed by atoms with Crippen molar-refractivity contribution < 1.29 is 0 Å². The van der Waals surface area contributed by atoms with Crippen LogP contribution in [-0.2, 0) is 6.54 Å². The summed E-state index contributed by atoms with van der Waals surface area (Å²) in [6.45, 7) is 0.700. The summed E-state index contributed by atoms with van der Waals surface area (Å²) in [5.41, 5.74) is 3.15. The lowest BCUT2D eigenvalue weighted by atomic mass is 10.2. The summed E-state index contributed by atoms with van der Waals surface area (Å²) >= 11 is 6.20. The molecule has 0 fully saturated rings. The average molecular weight is 321 g/mol. The van der Waals surface area contributed by atoms with Crippen LogP contribution < -0.4 is 5.01 Å². The van der Waals surface area contributed by atoms with Gasteiger partial charge in [-0.25, -0.2) is 0 Å². The SMILES string of the molecule is Clc1ccccc1/C=N/N(Cc1ccccc1)c1ccccc1. The van der Waals surface area contributed by atoms with Crippen LogP contribution in [0.5, 0.6) is 0 Å². The summed E-state index contributed by atoms with van der Waals surface area (Å²) in [6, 6.07) is 28.1. The minimum absolute atomic E-state index is 0.698. The molecule has 0 saturated carbocycles. The van der Waals surface area contributed by atoms with E-state index < -0.39 is 0 Å². The zero-order chi connectivity index (χ0) is 15.9. The standard InChI is InChI=1S/C20H17ClN2/c21-20-14-8-7-11-18(20)15-22-23(19-12-5-2-6-13-19)16-17-9-3-1-4-10-17/h1-15H,16H2/b22-15+. The normalized spacial score (nSPS) is 10.8. The van der Waals surface area contributed by atoms with Crippen molar-refractivity contribution in [1.29, 1.82) is 0 Å². The van der Waals surface area contributed by atoms with Crippen molar-refractivity contribution in [2.45, 2.75) is 6.54 Å². The molecular weight excluding hydrogens is 304 g/mol. The third-order valence-electron chi connectivity index (χ3n) is 3.47. The van der Waals surface area contributed by atoms with Crippen LogP contribution in [0.25, 0.3) is 0 Å². The van der Waals surface area contributed by atoms with Gasteiger partial charge >= 0.3 is 0 Å². The molecule has 0 N–H and O–H groups in total. The van der Waals surface area contributed by atoms with E-state index >= 15 is 0 Å². The number of halogens is 1. The Kier molecular flexibility index (Phi) is 5.07. The van der Waals surface area contributed by atoms with Crippen LogP contribution in [0.15, 0.2) is 90.0 Å². The van der Waals surface area contributed by atoms with E-state index in [0.29, 0.717) is 11.6 Å². The van der Waals surface area contributed by atoms with Gasteiger partial charge in [0.25, 0.3) is 0 Å². The highest BCUT2D eigenvalue weighted by atomic mass is 35.5. The van der Waals surface area contributed by atoms with Crippen molar-refractivity contribution in [2.24, 2.45) is 5.10 Å². The van der Waals surface area contributed by atoms with Crippen molar-refractivity contribution in [3.63, 3.8) is 0 Å². The molecule has 23 heavy (non-hydrogen) atoms. The molecule has 0 aliphatic rings. The molecule has 2 nitrogen and oxygen atoms in total. The van der Waals surface area contributed by atoms with Crippen LogP contribution in [0, 0.1) is 0 Å². The second-order valence-electron chi connectivity index (χ2n) is 5.14. The maximum absolute atomic E-state index is 6.20. The molecule has 0 aliphatic carbocycles. The fourth-order valence-electron chi connectivity index (χ4n) is 2.27. The Bertz CT molecular complexity index is 770. The number of nitrogens with zero attached hydrogens (tertiary/aromatic N) is 2. The van der Waals surface area contributed by atoms with Crippen LogP contribution in [-0.4, -0.2) is 6.21 Å². The number of rotatable bonds is 5. The highest BCUT2D eigenvalue weighted by molar-refractivity contribution is 6.33. The number of benzene rings is 3. The Morgan fingerprint density at radius 3 is 2.09 bits per heavy atom. The molecule has 0 unspecified atom stereocenters. The lowest BCUT2D eigenvalue weighted by Gasteiger charge is -2.19. The molecule has 0 radical (unpaired) electrons. The molecule has 0 amide bonds. The summed E-state index contributed by atoms with van der Waals surface area (Å²) in [6.07, 6.45) is 1.80. The predicted octanol–water partition coefficient (Wildman–Crippen LogP) is 5.38. The van der Waals surface area contributed by atoms with Gasteiger partial charge < -0.3 is 0 Å². The van der Waals surface area contributed by atoms with Crippen molar-refractivity contribution >= 4 is 23.5 Å². The van der Waals surface area contributed by atoms with Gasteiger partial charge in [-0.3, -0.25) is 5.01 Å². The molecule has 0 aliphatic heterocycles. The second kappa shape index (κ2) is 7.61. The third kappa shape index (κ3) is 4.21. The van der Waals surface area contributed by atoms with E-state index in [1.165, 1.54) is 5.56 Å². The van der Waals surface area contributed by atoms with Crippen molar-refractivity contribution in [3.8, 4) is 0 Å². The first-order valence-corrected chi connectivity index (χ1v) is 7.86. The first kappa shape index (κ1) is 15.3. The van der Waals surface area contributed by atoms with Crippen LogP contribution in [0.4, 0.5) is 5.69 Å². The minimum Gasteiger partial charge on any atom is -0.261 e. The van der Waals surface area contributed by atoms with E-state index in [9.17, 15) is 0 Å². The third-order valence-corrected chi connectivity index (χ3v) is 3.82. The Morgan fingerprint density at radius 1 is 0.783 bits per heavy atom. The lowest BCUT2D eigenvalue weighted by Crippen LogP contribution is -2.16. The predicted molar refractivity (Wildman–Crippen MR) is 98.1 cm³/mol. The monoisotopic (exact) mass is 320 g/mol. The Balaban J connectivity index is 1.88. The molecule has 0 heterocycles. The van der Waals surface area contributed by atoms with E-state index in [4.69, 9.17) is 11.6 Å². The highest BCUT2D eigenvalue weighted by Gasteiger charge is 2.05. The first-order valence-electron chi connectivity index (χ1n) is 7.48. The minimum atomic E-state index is 0.698. The second-order valence-corrected chi connectivity index (χ2v) is 5.55. The van der Waals surface area contributed by atoms with Crippen molar-refractivity contribution in [1.82, 2.24) is 0 Å². The van der Waals surface area contributed by atoms with E-state index in [2.05, 4.69) is 17.2 Å². The number of hydrogen-bond donors (Lipinski definition) is 0. The number of hydrogen-bond acceptors (Lipinski definition) is 2. The quantitative estimate of drug-likeness (QED) is 0.455. The van der Waals surface area contributed by atoms with Gasteiger partial charge in [0.2, 0.25) is 0 Å². The molecule has 0 bridgehead atoms. The topological polar surface area (TPSA) is 15.6 Å². The molecule has 0 atom stereocenters. The largest absolute Gasteiger partial charge is 0.261 e. The van der Waals surface area contributed by atoms with Crippen LogP contribution in [0.1, 0.15) is 11.1 Å². The molecule has 0 aromatic heterocycles. The van der Waals surface area contributed by atoms with Gasteiger partial charge in [0.1, 0.15) is 0 Å². The fourth-order valence-corrected chi connectivity index (χ4v) is 2.45. The number of anilines is 1. The fraction of sp³-hybridized carbons (Fsp3) is 0.0500. The first-order chi connectivity index (χ1) is 11.3. The molecule has 3 aromatic carbocycles. The van der Waals surface area contributed by atoms with E-state index in [1.807, 2.05) is 77.8 Å². The highest BCUT2D eigenvalue weighted by Crippen LogP contribution is 2.18. The summed E-state index contributed by atoms with van der Waals surface area (Å²) < 4.78 is 0. The summed E-state index contributed by atoms with van der Waals surface area (Å²) in [5.74, 6) is 0. The van der Waals surface area contributed by atoms with Gasteiger partial charge in [0, 0.05) is 10.6 Å².